The highest BCUT2D eigenvalue weighted by Gasteiger charge is 2.10. The Balaban J connectivity index is 1.59. The molecule has 0 aliphatic heterocycles. The second kappa shape index (κ2) is 9.75. The normalized spacial score (nSPS) is 10.3. The molecule has 2 amide bonds. The molecule has 5 nitrogen and oxygen atoms in total. The van der Waals surface area contributed by atoms with E-state index in [1.54, 1.807) is 42.5 Å². The Bertz CT molecular complexity index is 989. The minimum atomic E-state index is -0.250. The summed E-state index contributed by atoms with van der Waals surface area (Å²) >= 11 is 6.27. The fourth-order valence-corrected chi connectivity index (χ4v) is 2.97. The molecule has 0 heterocycles. The summed E-state index contributed by atoms with van der Waals surface area (Å²) in [5, 5.41) is 5.92. The predicted molar refractivity (Wildman–Crippen MR) is 116 cm³/mol. The molecule has 29 heavy (non-hydrogen) atoms. The molecule has 2 N–H and O–H groups in total. The summed E-state index contributed by atoms with van der Waals surface area (Å²) in [4.78, 5) is 24.5. The number of halogens is 1. The van der Waals surface area contributed by atoms with Gasteiger partial charge in [0.05, 0.1) is 23.7 Å². The maximum absolute atomic E-state index is 12.3. The van der Waals surface area contributed by atoms with E-state index in [4.69, 9.17) is 16.3 Å². The monoisotopic (exact) mass is 408 g/mol. The molecule has 0 saturated heterocycles. The molecule has 0 fully saturated rings. The molecule has 0 aromatic heterocycles. The number of amides is 2. The summed E-state index contributed by atoms with van der Waals surface area (Å²) < 4.78 is 5.40. The topological polar surface area (TPSA) is 67.4 Å². The van der Waals surface area contributed by atoms with Crippen molar-refractivity contribution in [1.29, 1.82) is 0 Å². The molecule has 0 spiro atoms. The van der Waals surface area contributed by atoms with Crippen LogP contribution in [0.2, 0.25) is 5.02 Å². The lowest BCUT2D eigenvalue weighted by Crippen LogP contribution is -2.15. The van der Waals surface area contributed by atoms with Crippen LogP contribution in [0.4, 0.5) is 11.4 Å². The number of benzene rings is 3. The molecule has 0 unspecified atom stereocenters. The SMILES string of the molecule is CCOc1ccc(CC(=O)Nc2ccc(NC(=O)c3ccccc3)c(Cl)c2)cc1. The predicted octanol–water partition coefficient (Wildman–Crippen LogP) is 5.17. The van der Waals surface area contributed by atoms with Gasteiger partial charge in [-0.25, -0.2) is 0 Å². The Kier molecular flexibility index (Phi) is 6.87. The molecule has 0 bridgehead atoms. The number of hydrogen-bond donors (Lipinski definition) is 2. The van der Waals surface area contributed by atoms with E-state index in [2.05, 4.69) is 10.6 Å². The Labute approximate surface area is 174 Å². The number of carbonyl (C=O) groups is 2. The van der Waals surface area contributed by atoms with Crippen LogP contribution in [0.15, 0.2) is 72.8 Å². The van der Waals surface area contributed by atoms with Crippen LogP contribution in [0.3, 0.4) is 0 Å². The number of carbonyl (C=O) groups excluding carboxylic acids is 2. The van der Waals surface area contributed by atoms with Crippen LogP contribution in [-0.4, -0.2) is 18.4 Å². The van der Waals surface area contributed by atoms with Gasteiger partial charge in [-0.05, 0) is 55.0 Å². The van der Waals surface area contributed by atoms with E-state index in [0.29, 0.717) is 28.6 Å². The molecule has 0 saturated carbocycles. The summed E-state index contributed by atoms with van der Waals surface area (Å²) in [6.07, 6.45) is 0.233. The van der Waals surface area contributed by atoms with Crippen molar-refractivity contribution in [3.63, 3.8) is 0 Å². The highest BCUT2D eigenvalue weighted by molar-refractivity contribution is 6.34. The third kappa shape index (κ3) is 5.83. The van der Waals surface area contributed by atoms with Crippen LogP contribution in [0.5, 0.6) is 5.75 Å². The van der Waals surface area contributed by atoms with E-state index in [1.807, 2.05) is 37.3 Å². The summed E-state index contributed by atoms with van der Waals surface area (Å²) in [6, 6.07) is 21.2. The molecule has 0 aliphatic carbocycles. The van der Waals surface area contributed by atoms with Crippen LogP contribution < -0.4 is 15.4 Å². The number of ether oxygens (including phenoxy) is 1. The average molecular weight is 409 g/mol. The zero-order valence-corrected chi connectivity index (χ0v) is 16.7. The third-order valence-electron chi connectivity index (χ3n) is 4.14. The van der Waals surface area contributed by atoms with E-state index >= 15 is 0 Å². The molecule has 0 atom stereocenters. The highest BCUT2D eigenvalue weighted by atomic mass is 35.5. The van der Waals surface area contributed by atoms with Crippen molar-refractivity contribution in [2.45, 2.75) is 13.3 Å². The van der Waals surface area contributed by atoms with Gasteiger partial charge in [-0.2, -0.15) is 0 Å². The van der Waals surface area contributed by atoms with Gasteiger partial charge in [0, 0.05) is 11.3 Å². The van der Waals surface area contributed by atoms with E-state index in [9.17, 15) is 9.59 Å². The van der Waals surface area contributed by atoms with Crippen molar-refractivity contribution < 1.29 is 14.3 Å². The Morgan fingerprint density at radius 3 is 2.31 bits per heavy atom. The number of rotatable bonds is 7. The molecular formula is C23H21ClN2O3. The van der Waals surface area contributed by atoms with Crippen molar-refractivity contribution in [2.24, 2.45) is 0 Å². The van der Waals surface area contributed by atoms with Crippen LogP contribution in [-0.2, 0) is 11.2 Å². The lowest BCUT2D eigenvalue weighted by atomic mass is 10.1. The van der Waals surface area contributed by atoms with Gasteiger partial charge in [0.25, 0.3) is 5.91 Å². The lowest BCUT2D eigenvalue weighted by Gasteiger charge is -2.10. The summed E-state index contributed by atoms with van der Waals surface area (Å²) in [5.41, 5.74) is 2.45. The highest BCUT2D eigenvalue weighted by Crippen LogP contribution is 2.26. The van der Waals surface area contributed by atoms with Crippen molar-refractivity contribution in [3.8, 4) is 5.75 Å². The average Bonchev–Trinajstić information content (AvgIpc) is 2.72. The molecule has 0 aliphatic rings. The maximum Gasteiger partial charge on any atom is 0.255 e. The molecule has 3 aromatic carbocycles. The second-order valence-corrected chi connectivity index (χ2v) is 6.72. The van der Waals surface area contributed by atoms with Gasteiger partial charge in [0.1, 0.15) is 5.75 Å². The standard InChI is InChI=1S/C23H21ClN2O3/c1-2-29-19-11-8-16(9-12-19)14-22(27)25-18-10-13-21(20(24)15-18)26-23(28)17-6-4-3-5-7-17/h3-13,15H,2,14H2,1H3,(H,25,27)(H,26,28). The molecule has 3 aromatic rings. The molecule has 148 valence electrons. The van der Waals surface area contributed by atoms with E-state index in [1.165, 1.54) is 0 Å². The van der Waals surface area contributed by atoms with E-state index in [-0.39, 0.29) is 18.2 Å². The zero-order chi connectivity index (χ0) is 20.6. The summed E-state index contributed by atoms with van der Waals surface area (Å²) in [5.74, 6) is 0.364. The Hall–Kier alpha value is -3.31. The Morgan fingerprint density at radius 2 is 1.66 bits per heavy atom. The maximum atomic E-state index is 12.3. The minimum absolute atomic E-state index is 0.161. The lowest BCUT2D eigenvalue weighted by molar-refractivity contribution is -0.115. The van der Waals surface area contributed by atoms with Gasteiger partial charge in [0.2, 0.25) is 5.91 Å². The quantitative estimate of drug-likeness (QED) is 0.566. The van der Waals surface area contributed by atoms with Crippen molar-refractivity contribution in [3.05, 3.63) is 88.9 Å². The van der Waals surface area contributed by atoms with Crippen molar-refractivity contribution >= 4 is 34.8 Å². The zero-order valence-electron chi connectivity index (χ0n) is 15.9. The smallest absolute Gasteiger partial charge is 0.255 e. The molecule has 3 rings (SSSR count). The Morgan fingerprint density at radius 1 is 0.931 bits per heavy atom. The van der Waals surface area contributed by atoms with Gasteiger partial charge in [0.15, 0.2) is 0 Å². The van der Waals surface area contributed by atoms with Gasteiger partial charge < -0.3 is 15.4 Å². The first kappa shape index (κ1) is 20.4. The number of hydrogen-bond acceptors (Lipinski definition) is 3. The minimum Gasteiger partial charge on any atom is -0.494 e. The summed E-state index contributed by atoms with van der Waals surface area (Å²) in [6.45, 7) is 2.52. The second-order valence-electron chi connectivity index (χ2n) is 6.32. The van der Waals surface area contributed by atoms with Crippen LogP contribution in [0.25, 0.3) is 0 Å². The van der Waals surface area contributed by atoms with Crippen LogP contribution >= 0.6 is 11.6 Å². The number of nitrogens with one attached hydrogen (secondary N) is 2. The van der Waals surface area contributed by atoms with Gasteiger partial charge in [-0.15, -0.1) is 0 Å². The van der Waals surface area contributed by atoms with Crippen molar-refractivity contribution in [1.82, 2.24) is 0 Å². The largest absolute Gasteiger partial charge is 0.494 e. The van der Waals surface area contributed by atoms with Crippen molar-refractivity contribution in [2.75, 3.05) is 17.2 Å². The molecular weight excluding hydrogens is 388 g/mol. The van der Waals surface area contributed by atoms with Gasteiger partial charge >= 0.3 is 0 Å². The first-order valence-electron chi connectivity index (χ1n) is 9.22. The van der Waals surface area contributed by atoms with Crippen LogP contribution in [0.1, 0.15) is 22.8 Å². The molecule has 0 radical (unpaired) electrons. The number of anilines is 2. The van der Waals surface area contributed by atoms with Gasteiger partial charge in [-0.1, -0.05) is 41.9 Å². The van der Waals surface area contributed by atoms with E-state index in [0.717, 1.165) is 11.3 Å². The van der Waals surface area contributed by atoms with Gasteiger partial charge in [-0.3, -0.25) is 9.59 Å². The summed E-state index contributed by atoms with van der Waals surface area (Å²) in [7, 11) is 0. The first-order chi connectivity index (χ1) is 14.0. The first-order valence-corrected chi connectivity index (χ1v) is 9.60. The fraction of sp³-hybridized carbons (Fsp3) is 0.130. The molecule has 6 heteroatoms. The fourth-order valence-electron chi connectivity index (χ4n) is 2.74. The van der Waals surface area contributed by atoms with Crippen LogP contribution in [0, 0.1) is 0 Å². The third-order valence-corrected chi connectivity index (χ3v) is 4.45. The van der Waals surface area contributed by atoms with E-state index < -0.39 is 0 Å².